The molecule has 0 spiro atoms. The van der Waals surface area contributed by atoms with Crippen molar-refractivity contribution in [3.8, 4) is 0 Å². The molecule has 0 aromatic carbocycles. The Morgan fingerprint density at radius 1 is 1.38 bits per heavy atom. The number of nitrogens with zero attached hydrogens (tertiary/aromatic N) is 1. The van der Waals surface area contributed by atoms with E-state index < -0.39 is 0 Å². The third-order valence-electron chi connectivity index (χ3n) is 2.07. The summed E-state index contributed by atoms with van der Waals surface area (Å²) in [6.45, 7) is 6.79. The third kappa shape index (κ3) is 5.18. The molecule has 0 amide bonds. The summed E-state index contributed by atoms with van der Waals surface area (Å²) in [5.74, 6) is 0. The average molecular weight is 201 g/mol. The van der Waals surface area contributed by atoms with Crippen molar-refractivity contribution in [1.82, 2.24) is 0 Å². The van der Waals surface area contributed by atoms with Gasteiger partial charge in [0.1, 0.15) is 0 Å². The van der Waals surface area contributed by atoms with E-state index in [0.717, 1.165) is 12.2 Å². The maximum Gasteiger partial charge on any atom is 1.00 e. The van der Waals surface area contributed by atoms with Crippen molar-refractivity contribution in [2.45, 2.75) is 26.2 Å². The molecule has 0 saturated carbocycles. The second kappa shape index (κ2) is 8.01. The molecular formula is C11H16KN. The van der Waals surface area contributed by atoms with Gasteiger partial charge in [-0.1, -0.05) is 43.2 Å². The molecule has 0 fully saturated rings. The summed E-state index contributed by atoms with van der Waals surface area (Å²) in [7, 11) is 0. The first kappa shape index (κ1) is 13.7. The first-order valence-electron chi connectivity index (χ1n) is 4.51. The van der Waals surface area contributed by atoms with Gasteiger partial charge >= 0.3 is 51.4 Å². The van der Waals surface area contributed by atoms with Crippen LogP contribution < -0.4 is 51.4 Å². The van der Waals surface area contributed by atoms with Crippen LogP contribution in [0.5, 0.6) is 0 Å². The first-order chi connectivity index (χ1) is 5.84. The summed E-state index contributed by atoms with van der Waals surface area (Å²) in [5, 5.41) is 4.49. The minimum Gasteiger partial charge on any atom is -0.684 e. The Morgan fingerprint density at radius 2 is 2.15 bits per heavy atom. The Balaban J connectivity index is 0.00000144. The van der Waals surface area contributed by atoms with Crippen molar-refractivity contribution in [1.29, 1.82) is 0 Å². The smallest absolute Gasteiger partial charge is 0.684 e. The fourth-order valence-corrected chi connectivity index (χ4v) is 1.32. The summed E-state index contributed by atoms with van der Waals surface area (Å²) in [5.41, 5.74) is 2.57. The Hall–Kier alpha value is 0.656. The number of hydrogen-bond acceptors (Lipinski definition) is 0. The van der Waals surface area contributed by atoms with Crippen molar-refractivity contribution in [2.24, 2.45) is 0 Å². The number of rotatable bonds is 2. The van der Waals surface area contributed by atoms with Gasteiger partial charge in [0.25, 0.3) is 0 Å². The van der Waals surface area contributed by atoms with Crippen LogP contribution >= 0.6 is 0 Å². The summed E-state index contributed by atoms with van der Waals surface area (Å²) < 4.78 is 0. The fraction of sp³-hybridized carbons (Fsp3) is 0.455. The molecule has 0 atom stereocenters. The quantitative estimate of drug-likeness (QED) is 0.458. The maximum atomic E-state index is 4.49. The van der Waals surface area contributed by atoms with Crippen LogP contribution in [0, 0.1) is 0 Å². The maximum absolute atomic E-state index is 4.49. The van der Waals surface area contributed by atoms with E-state index in [1.54, 1.807) is 6.08 Å². The van der Waals surface area contributed by atoms with Gasteiger partial charge in [0.15, 0.2) is 0 Å². The minimum absolute atomic E-state index is 0. The topological polar surface area (TPSA) is 14.1 Å². The van der Waals surface area contributed by atoms with Gasteiger partial charge in [0, 0.05) is 0 Å². The molecule has 0 saturated heterocycles. The van der Waals surface area contributed by atoms with Gasteiger partial charge < -0.3 is 5.32 Å². The predicted molar refractivity (Wildman–Crippen MR) is 54.1 cm³/mol. The average Bonchev–Trinajstić information content (AvgIpc) is 2.27. The third-order valence-corrected chi connectivity index (χ3v) is 2.07. The van der Waals surface area contributed by atoms with Gasteiger partial charge in [-0.2, -0.15) is 0 Å². The molecule has 66 valence electrons. The monoisotopic (exact) mass is 201 g/mol. The van der Waals surface area contributed by atoms with Crippen LogP contribution in [0.4, 0.5) is 0 Å². The van der Waals surface area contributed by atoms with Crippen LogP contribution in [-0.4, -0.2) is 6.54 Å². The second-order valence-electron chi connectivity index (χ2n) is 3.10. The Bertz CT molecular complexity index is 216. The van der Waals surface area contributed by atoms with E-state index in [1.807, 2.05) is 12.2 Å². The molecule has 1 aliphatic heterocycles. The van der Waals surface area contributed by atoms with Gasteiger partial charge in [-0.15, -0.1) is 12.2 Å². The Morgan fingerprint density at radius 3 is 2.85 bits per heavy atom. The number of allylic oxidation sites excluding steroid dienone is 4. The van der Waals surface area contributed by atoms with Crippen molar-refractivity contribution >= 4 is 0 Å². The van der Waals surface area contributed by atoms with Crippen LogP contribution in [0.2, 0.25) is 0 Å². The standard InChI is InChI=1S/C11H16N.K/c1-3-4-8-11-10(2)7-5-6-9-12-11;/h3-4,8H,1,5-7,9H2,2H3;/q-1;+1/b8-4-;. The zero-order valence-corrected chi connectivity index (χ0v) is 11.8. The molecule has 0 bridgehead atoms. The summed E-state index contributed by atoms with van der Waals surface area (Å²) in [6.07, 6.45) is 9.49. The molecule has 0 N–H and O–H groups in total. The normalized spacial score (nSPS) is 17.6. The van der Waals surface area contributed by atoms with Gasteiger partial charge in [-0.05, 0) is 13.3 Å². The summed E-state index contributed by atoms with van der Waals surface area (Å²) in [4.78, 5) is 0. The minimum atomic E-state index is 0. The van der Waals surface area contributed by atoms with E-state index in [0.29, 0.717) is 0 Å². The number of hydrogen-bond donors (Lipinski definition) is 0. The van der Waals surface area contributed by atoms with Gasteiger partial charge in [-0.25, -0.2) is 0 Å². The van der Waals surface area contributed by atoms with Crippen molar-refractivity contribution in [3.63, 3.8) is 0 Å². The van der Waals surface area contributed by atoms with Gasteiger partial charge in [-0.3, -0.25) is 0 Å². The molecule has 13 heavy (non-hydrogen) atoms. The molecule has 1 rings (SSSR count). The molecular weight excluding hydrogens is 185 g/mol. The summed E-state index contributed by atoms with van der Waals surface area (Å²) in [6, 6.07) is 0. The SMILES string of the molecule is C=C/C=C\C1=C(C)CCCC[N-]1.[K+]. The van der Waals surface area contributed by atoms with E-state index in [-0.39, 0.29) is 51.4 Å². The predicted octanol–water partition coefficient (Wildman–Crippen LogP) is 0.564. The van der Waals surface area contributed by atoms with Crippen molar-refractivity contribution < 1.29 is 51.4 Å². The van der Waals surface area contributed by atoms with Crippen molar-refractivity contribution in [3.05, 3.63) is 41.4 Å². The van der Waals surface area contributed by atoms with Crippen LogP contribution in [0.1, 0.15) is 26.2 Å². The molecule has 2 heteroatoms. The van der Waals surface area contributed by atoms with Crippen LogP contribution in [-0.2, 0) is 0 Å². The first-order valence-corrected chi connectivity index (χ1v) is 4.51. The zero-order chi connectivity index (χ0) is 8.81. The molecule has 1 nitrogen and oxygen atoms in total. The second-order valence-corrected chi connectivity index (χ2v) is 3.10. The van der Waals surface area contributed by atoms with Gasteiger partial charge in [0.05, 0.1) is 0 Å². The van der Waals surface area contributed by atoms with Crippen LogP contribution in [0.3, 0.4) is 0 Å². The Kier molecular flexibility index (Phi) is 8.41. The van der Waals surface area contributed by atoms with Crippen LogP contribution in [0.25, 0.3) is 5.32 Å². The van der Waals surface area contributed by atoms with Crippen LogP contribution in [0.15, 0.2) is 36.1 Å². The molecule has 0 aliphatic carbocycles. The molecule has 1 aliphatic rings. The van der Waals surface area contributed by atoms with E-state index >= 15 is 0 Å². The Labute approximate surface area is 124 Å². The molecule has 0 radical (unpaired) electrons. The fourth-order valence-electron chi connectivity index (χ4n) is 1.32. The molecule has 0 aromatic heterocycles. The van der Waals surface area contributed by atoms with Gasteiger partial charge in [0.2, 0.25) is 0 Å². The summed E-state index contributed by atoms with van der Waals surface area (Å²) >= 11 is 0. The van der Waals surface area contributed by atoms with Crippen molar-refractivity contribution in [2.75, 3.05) is 6.54 Å². The van der Waals surface area contributed by atoms with E-state index in [2.05, 4.69) is 18.8 Å². The van der Waals surface area contributed by atoms with E-state index in [1.165, 1.54) is 24.8 Å². The molecule has 0 unspecified atom stereocenters. The van der Waals surface area contributed by atoms with E-state index in [4.69, 9.17) is 0 Å². The molecule has 0 aromatic rings. The zero-order valence-electron chi connectivity index (χ0n) is 8.71. The molecule has 1 heterocycles. The largest absolute Gasteiger partial charge is 1.00 e. The van der Waals surface area contributed by atoms with E-state index in [9.17, 15) is 0 Å².